The second kappa shape index (κ2) is 7.14. The summed E-state index contributed by atoms with van der Waals surface area (Å²) in [6, 6.07) is 0.0426. The first-order chi connectivity index (χ1) is 10.1. The van der Waals surface area contributed by atoms with Crippen LogP contribution in [0.2, 0.25) is 0 Å². The van der Waals surface area contributed by atoms with Gasteiger partial charge in [0.15, 0.2) is 0 Å². The molecule has 2 rings (SSSR count). The van der Waals surface area contributed by atoms with Crippen molar-refractivity contribution in [1.82, 2.24) is 10.6 Å². The van der Waals surface area contributed by atoms with Crippen LogP contribution in [0.3, 0.4) is 0 Å². The highest BCUT2D eigenvalue weighted by Gasteiger charge is 2.41. The second-order valence-corrected chi connectivity index (χ2v) is 6.68. The number of carboxylic acids is 1. The van der Waals surface area contributed by atoms with Crippen molar-refractivity contribution >= 4 is 12.0 Å². The fraction of sp³-hybridized carbons (Fsp3) is 0.875. The lowest BCUT2D eigenvalue weighted by molar-refractivity contribution is -0.148. The number of aliphatic carboxylic acids is 1. The Balaban J connectivity index is 1.82. The number of carbonyl (C=O) groups is 2. The molecule has 2 saturated carbocycles. The van der Waals surface area contributed by atoms with Crippen molar-refractivity contribution in [2.24, 2.45) is 11.3 Å². The predicted octanol–water partition coefficient (Wildman–Crippen LogP) is 2.90. The van der Waals surface area contributed by atoms with Gasteiger partial charge in [0.2, 0.25) is 0 Å². The van der Waals surface area contributed by atoms with Gasteiger partial charge in [-0.15, -0.1) is 0 Å². The Morgan fingerprint density at radius 3 is 2.43 bits per heavy atom. The molecule has 2 amide bonds. The van der Waals surface area contributed by atoms with Crippen molar-refractivity contribution < 1.29 is 14.7 Å². The molecule has 0 bridgehead atoms. The van der Waals surface area contributed by atoms with E-state index in [2.05, 4.69) is 17.6 Å². The molecule has 0 aromatic carbocycles. The number of urea groups is 1. The molecule has 0 aromatic heterocycles. The molecule has 0 saturated heterocycles. The van der Waals surface area contributed by atoms with Crippen LogP contribution in [0, 0.1) is 11.3 Å². The quantitative estimate of drug-likeness (QED) is 0.730. The summed E-state index contributed by atoms with van der Waals surface area (Å²) in [5, 5.41) is 15.3. The first-order valence-corrected chi connectivity index (χ1v) is 8.35. The fourth-order valence-electron chi connectivity index (χ4n) is 3.87. The number of rotatable bonds is 5. The van der Waals surface area contributed by atoms with Crippen LogP contribution >= 0.6 is 0 Å². The highest BCUT2D eigenvalue weighted by molar-refractivity contribution is 5.78. The van der Waals surface area contributed by atoms with Crippen LogP contribution < -0.4 is 10.6 Å². The van der Waals surface area contributed by atoms with Gasteiger partial charge in [-0.05, 0) is 31.6 Å². The number of nitrogens with one attached hydrogen (secondary N) is 2. The second-order valence-electron chi connectivity index (χ2n) is 6.68. The highest BCUT2D eigenvalue weighted by Crippen LogP contribution is 2.37. The van der Waals surface area contributed by atoms with E-state index in [0.29, 0.717) is 18.8 Å². The summed E-state index contributed by atoms with van der Waals surface area (Å²) in [5.74, 6) is -0.214. The summed E-state index contributed by atoms with van der Waals surface area (Å²) in [6.45, 7) is 2.41. The van der Waals surface area contributed by atoms with Gasteiger partial charge < -0.3 is 15.7 Å². The van der Waals surface area contributed by atoms with Gasteiger partial charge in [0.1, 0.15) is 0 Å². The zero-order valence-electron chi connectivity index (χ0n) is 13.0. The largest absolute Gasteiger partial charge is 0.481 e. The molecule has 2 unspecified atom stereocenters. The van der Waals surface area contributed by atoms with Gasteiger partial charge in [0.05, 0.1) is 5.41 Å². The summed E-state index contributed by atoms with van der Waals surface area (Å²) in [7, 11) is 0. The number of carboxylic acid groups (broad SMARTS) is 1. The maximum Gasteiger partial charge on any atom is 0.315 e. The zero-order chi connectivity index (χ0) is 15.3. The van der Waals surface area contributed by atoms with E-state index in [1.165, 1.54) is 19.3 Å². The number of hydrogen-bond acceptors (Lipinski definition) is 2. The van der Waals surface area contributed by atoms with Crippen molar-refractivity contribution in [2.75, 3.05) is 6.54 Å². The third-order valence-corrected chi connectivity index (χ3v) is 5.35. The van der Waals surface area contributed by atoms with Gasteiger partial charge in [0.25, 0.3) is 0 Å². The van der Waals surface area contributed by atoms with E-state index >= 15 is 0 Å². The molecule has 2 aliphatic carbocycles. The molecule has 0 spiro atoms. The van der Waals surface area contributed by atoms with Crippen molar-refractivity contribution in [2.45, 2.75) is 70.8 Å². The molecule has 2 atom stereocenters. The number of amides is 2. The Morgan fingerprint density at radius 2 is 1.81 bits per heavy atom. The minimum Gasteiger partial charge on any atom is -0.481 e. The van der Waals surface area contributed by atoms with E-state index < -0.39 is 11.4 Å². The maximum atomic E-state index is 12.1. The Morgan fingerprint density at radius 1 is 1.14 bits per heavy atom. The van der Waals surface area contributed by atoms with Crippen LogP contribution in [0.15, 0.2) is 0 Å². The first-order valence-electron chi connectivity index (χ1n) is 8.35. The van der Waals surface area contributed by atoms with Crippen LogP contribution in [-0.4, -0.2) is 29.7 Å². The molecule has 5 heteroatoms. The molecule has 120 valence electrons. The van der Waals surface area contributed by atoms with Gasteiger partial charge in [-0.25, -0.2) is 4.79 Å². The van der Waals surface area contributed by atoms with Crippen LogP contribution in [0.1, 0.15) is 64.7 Å². The average molecular weight is 296 g/mol. The minimum absolute atomic E-state index is 0.201. The molecule has 2 fully saturated rings. The van der Waals surface area contributed by atoms with Crippen LogP contribution in [0.4, 0.5) is 4.79 Å². The molecule has 0 heterocycles. The monoisotopic (exact) mass is 296 g/mol. The van der Waals surface area contributed by atoms with Crippen LogP contribution in [0.5, 0.6) is 0 Å². The maximum absolute atomic E-state index is 12.1. The fourth-order valence-corrected chi connectivity index (χ4v) is 3.87. The summed E-state index contributed by atoms with van der Waals surface area (Å²) in [6.07, 6.45) is 8.95. The molecule has 0 aromatic rings. The van der Waals surface area contributed by atoms with E-state index in [9.17, 15) is 14.7 Å². The van der Waals surface area contributed by atoms with Crippen LogP contribution in [-0.2, 0) is 4.79 Å². The normalized spacial score (nSPS) is 28.0. The van der Waals surface area contributed by atoms with Gasteiger partial charge in [0, 0.05) is 12.6 Å². The lowest BCUT2D eigenvalue weighted by atomic mass is 9.83. The predicted molar refractivity (Wildman–Crippen MR) is 81.1 cm³/mol. The Labute approximate surface area is 126 Å². The standard InChI is InChI=1S/C16H28N2O3/c1-2-12-7-3-4-8-13(12)18-15(21)17-11-16(14(19)20)9-5-6-10-16/h12-13H,2-11H2,1H3,(H,19,20)(H2,17,18,21). The topological polar surface area (TPSA) is 78.4 Å². The third-order valence-electron chi connectivity index (χ3n) is 5.35. The first kappa shape index (κ1) is 16.1. The SMILES string of the molecule is CCC1CCCCC1NC(=O)NCC1(C(=O)O)CCCC1. The van der Waals surface area contributed by atoms with Gasteiger partial charge >= 0.3 is 12.0 Å². The summed E-state index contributed by atoms with van der Waals surface area (Å²) in [4.78, 5) is 23.5. The Hall–Kier alpha value is -1.26. The van der Waals surface area contributed by atoms with Gasteiger partial charge in [-0.3, -0.25) is 4.79 Å². The Kier molecular flexibility index (Phi) is 5.48. The van der Waals surface area contributed by atoms with Crippen molar-refractivity contribution in [3.8, 4) is 0 Å². The molecule has 5 nitrogen and oxygen atoms in total. The Bertz CT molecular complexity index is 378. The number of hydrogen-bond donors (Lipinski definition) is 3. The van der Waals surface area contributed by atoms with Crippen molar-refractivity contribution in [3.05, 3.63) is 0 Å². The van der Waals surface area contributed by atoms with E-state index in [1.807, 2.05) is 0 Å². The average Bonchev–Trinajstić information content (AvgIpc) is 2.96. The van der Waals surface area contributed by atoms with Crippen molar-refractivity contribution in [1.29, 1.82) is 0 Å². The summed E-state index contributed by atoms with van der Waals surface area (Å²) < 4.78 is 0. The number of carbonyl (C=O) groups excluding carboxylic acids is 1. The molecular weight excluding hydrogens is 268 g/mol. The van der Waals surface area contributed by atoms with E-state index in [1.54, 1.807) is 0 Å². The van der Waals surface area contributed by atoms with Gasteiger partial charge in [-0.1, -0.05) is 39.0 Å². The highest BCUT2D eigenvalue weighted by atomic mass is 16.4. The molecule has 3 N–H and O–H groups in total. The van der Waals surface area contributed by atoms with E-state index in [-0.39, 0.29) is 18.6 Å². The third kappa shape index (κ3) is 3.89. The molecule has 0 radical (unpaired) electrons. The molecule has 0 aliphatic heterocycles. The zero-order valence-corrected chi connectivity index (χ0v) is 13.0. The summed E-state index contributed by atoms with van der Waals surface area (Å²) >= 11 is 0. The summed E-state index contributed by atoms with van der Waals surface area (Å²) in [5.41, 5.74) is -0.742. The minimum atomic E-state index is -0.774. The van der Waals surface area contributed by atoms with E-state index in [0.717, 1.165) is 25.7 Å². The lowest BCUT2D eigenvalue weighted by Crippen LogP contribution is -2.50. The molecular formula is C16H28N2O3. The van der Waals surface area contributed by atoms with Gasteiger partial charge in [-0.2, -0.15) is 0 Å². The van der Waals surface area contributed by atoms with Crippen molar-refractivity contribution in [3.63, 3.8) is 0 Å². The molecule has 2 aliphatic rings. The smallest absolute Gasteiger partial charge is 0.315 e. The van der Waals surface area contributed by atoms with Crippen LogP contribution in [0.25, 0.3) is 0 Å². The lowest BCUT2D eigenvalue weighted by Gasteiger charge is -2.32. The molecule has 21 heavy (non-hydrogen) atoms. The van der Waals surface area contributed by atoms with E-state index in [4.69, 9.17) is 0 Å².